The fraction of sp³-hybridized carbons (Fsp3) is 0.467. The molecule has 1 saturated heterocycles. The van der Waals surface area contributed by atoms with Crippen molar-refractivity contribution in [2.75, 3.05) is 13.1 Å². The number of amides is 4. The van der Waals surface area contributed by atoms with Crippen LogP contribution in [0.1, 0.15) is 37.8 Å². The van der Waals surface area contributed by atoms with Gasteiger partial charge in [-0.1, -0.05) is 6.92 Å². The molecule has 1 fully saturated rings. The molecular weight excluding hydrogens is 300 g/mol. The third kappa shape index (κ3) is 3.97. The molecule has 1 aliphatic rings. The van der Waals surface area contributed by atoms with Crippen LogP contribution in [0.25, 0.3) is 0 Å². The lowest BCUT2D eigenvalue weighted by Gasteiger charge is -2.15. The van der Waals surface area contributed by atoms with E-state index >= 15 is 0 Å². The number of carbonyl (C=O) groups excluding carboxylic acids is 3. The molecule has 124 valence electrons. The molecular formula is C15H20N4O4. The molecule has 1 atom stereocenters. The number of imide groups is 1. The van der Waals surface area contributed by atoms with Gasteiger partial charge >= 0.3 is 6.03 Å². The Balaban J connectivity index is 2.14. The second kappa shape index (κ2) is 7.08. The summed E-state index contributed by atoms with van der Waals surface area (Å²) in [5, 5.41) is 4.63. The van der Waals surface area contributed by atoms with Crippen molar-refractivity contribution < 1.29 is 18.8 Å². The van der Waals surface area contributed by atoms with E-state index in [1.165, 1.54) is 0 Å². The van der Waals surface area contributed by atoms with Crippen LogP contribution in [0, 0.1) is 6.92 Å². The van der Waals surface area contributed by atoms with Crippen LogP contribution < -0.4 is 10.6 Å². The molecule has 8 nitrogen and oxygen atoms in total. The maximum Gasteiger partial charge on any atom is 0.322 e. The predicted molar refractivity (Wildman–Crippen MR) is 83.6 cm³/mol. The van der Waals surface area contributed by atoms with Crippen LogP contribution in [-0.2, 0) is 9.59 Å². The highest BCUT2D eigenvalue weighted by Gasteiger charge is 2.33. The fourth-order valence-electron chi connectivity index (χ4n) is 2.36. The topological polar surface area (TPSA) is 104 Å². The van der Waals surface area contributed by atoms with Crippen LogP contribution in [0.5, 0.6) is 0 Å². The lowest BCUT2D eigenvalue weighted by Crippen LogP contribution is -2.28. The van der Waals surface area contributed by atoms with Gasteiger partial charge in [-0.3, -0.25) is 19.9 Å². The molecule has 4 amide bonds. The first-order chi connectivity index (χ1) is 10.9. The molecule has 2 rings (SSSR count). The van der Waals surface area contributed by atoms with Crippen molar-refractivity contribution in [3.05, 3.63) is 17.6 Å². The van der Waals surface area contributed by atoms with E-state index in [9.17, 15) is 14.4 Å². The van der Waals surface area contributed by atoms with Gasteiger partial charge in [-0.15, -0.1) is 0 Å². The minimum absolute atomic E-state index is 0.332. The van der Waals surface area contributed by atoms with Gasteiger partial charge in [0.05, 0.1) is 6.54 Å². The third-order valence-corrected chi connectivity index (χ3v) is 3.37. The summed E-state index contributed by atoms with van der Waals surface area (Å²) in [4.78, 5) is 39.9. The van der Waals surface area contributed by atoms with Gasteiger partial charge in [0.15, 0.2) is 6.04 Å². The van der Waals surface area contributed by atoms with Crippen molar-refractivity contribution in [1.82, 2.24) is 15.5 Å². The van der Waals surface area contributed by atoms with Gasteiger partial charge in [-0.05, 0) is 20.3 Å². The van der Waals surface area contributed by atoms with Gasteiger partial charge in [0.1, 0.15) is 17.2 Å². The molecule has 0 saturated carbocycles. The molecule has 1 aromatic rings. The number of urea groups is 1. The molecule has 8 heteroatoms. The van der Waals surface area contributed by atoms with Gasteiger partial charge in [0.25, 0.3) is 5.91 Å². The molecule has 0 aliphatic carbocycles. The van der Waals surface area contributed by atoms with E-state index in [2.05, 4.69) is 15.6 Å². The number of hydrogen-bond donors (Lipinski definition) is 2. The lowest BCUT2D eigenvalue weighted by molar-refractivity contribution is -0.120. The van der Waals surface area contributed by atoms with E-state index in [0.29, 0.717) is 30.3 Å². The smallest absolute Gasteiger partial charge is 0.322 e. The second-order valence-corrected chi connectivity index (χ2v) is 5.41. The number of rotatable bonds is 7. The van der Waals surface area contributed by atoms with Gasteiger partial charge < -0.3 is 14.6 Å². The largest absolute Gasteiger partial charge is 0.461 e. The Hall–Kier alpha value is -2.64. The lowest BCUT2D eigenvalue weighted by atomic mass is 10.2. The Morgan fingerprint density at radius 2 is 2.22 bits per heavy atom. The molecule has 0 spiro atoms. The Morgan fingerprint density at radius 3 is 2.78 bits per heavy atom. The Bertz CT molecular complexity index is 650. The third-order valence-electron chi connectivity index (χ3n) is 3.37. The molecule has 0 radical (unpaired) electrons. The first-order valence-electron chi connectivity index (χ1n) is 7.39. The molecule has 1 aromatic heterocycles. The maximum atomic E-state index is 11.6. The van der Waals surface area contributed by atoms with Crippen LogP contribution in [0.2, 0.25) is 0 Å². The number of furan rings is 1. The van der Waals surface area contributed by atoms with Crippen molar-refractivity contribution in [3.63, 3.8) is 0 Å². The predicted octanol–water partition coefficient (Wildman–Crippen LogP) is 1.43. The minimum Gasteiger partial charge on any atom is -0.461 e. The van der Waals surface area contributed by atoms with Crippen molar-refractivity contribution in [1.29, 1.82) is 0 Å². The van der Waals surface area contributed by atoms with E-state index in [1.807, 2.05) is 13.8 Å². The summed E-state index contributed by atoms with van der Waals surface area (Å²) in [6.07, 6.45) is 1.67. The summed E-state index contributed by atoms with van der Waals surface area (Å²) in [5.41, 5.74) is 1.33. The molecule has 1 aliphatic heterocycles. The highest BCUT2D eigenvalue weighted by Crippen LogP contribution is 2.28. The molecule has 0 aromatic carbocycles. The number of nitrogens with zero attached hydrogens (tertiary/aromatic N) is 2. The Labute approximate surface area is 133 Å². The van der Waals surface area contributed by atoms with E-state index in [-0.39, 0.29) is 0 Å². The van der Waals surface area contributed by atoms with Crippen LogP contribution in [-0.4, -0.2) is 42.0 Å². The SMILES string of the molecule is CCCN(C=O)CC(C)=Nc1cc(C2NC(=O)NC2=O)oc1C. The van der Waals surface area contributed by atoms with E-state index in [1.54, 1.807) is 17.9 Å². The molecule has 0 bridgehead atoms. The zero-order chi connectivity index (χ0) is 17.0. The van der Waals surface area contributed by atoms with Crippen molar-refractivity contribution in [3.8, 4) is 0 Å². The standard InChI is InChI=1S/C15H20N4O4/c1-4-5-19(8-20)7-9(2)16-11-6-12(23-10(11)3)13-14(21)18-15(22)17-13/h6,8,13H,4-5,7H2,1-3H3,(H2,17,18,21,22). The van der Waals surface area contributed by atoms with Crippen molar-refractivity contribution >= 4 is 29.7 Å². The summed E-state index contributed by atoms with van der Waals surface area (Å²) in [7, 11) is 0. The number of aliphatic imine (C=N–C) groups is 1. The quantitative estimate of drug-likeness (QED) is 0.450. The molecule has 2 heterocycles. The Morgan fingerprint density at radius 1 is 1.48 bits per heavy atom. The van der Waals surface area contributed by atoms with E-state index < -0.39 is 18.0 Å². The first kappa shape index (κ1) is 16.7. The average Bonchev–Trinajstić information content (AvgIpc) is 3.01. The molecule has 2 N–H and O–H groups in total. The zero-order valence-corrected chi connectivity index (χ0v) is 13.4. The summed E-state index contributed by atoms with van der Waals surface area (Å²) >= 11 is 0. The van der Waals surface area contributed by atoms with Crippen molar-refractivity contribution in [2.45, 2.75) is 33.2 Å². The summed E-state index contributed by atoms with van der Waals surface area (Å²) in [6.45, 7) is 6.64. The monoisotopic (exact) mass is 320 g/mol. The highest BCUT2D eigenvalue weighted by atomic mass is 16.3. The zero-order valence-electron chi connectivity index (χ0n) is 13.4. The van der Waals surface area contributed by atoms with Gasteiger partial charge in [-0.25, -0.2) is 4.79 Å². The van der Waals surface area contributed by atoms with Crippen LogP contribution in [0.4, 0.5) is 10.5 Å². The molecule has 1 unspecified atom stereocenters. The van der Waals surface area contributed by atoms with Crippen molar-refractivity contribution in [2.24, 2.45) is 4.99 Å². The summed E-state index contributed by atoms with van der Waals surface area (Å²) in [6, 6.07) is 0.244. The summed E-state index contributed by atoms with van der Waals surface area (Å²) in [5.74, 6) is 0.422. The average molecular weight is 320 g/mol. The Kier molecular flexibility index (Phi) is 5.15. The highest BCUT2D eigenvalue weighted by molar-refractivity contribution is 6.04. The fourth-order valence-corrected chi connectivity index (χ4v) is 2.36. The normalized spacial score (nSPS) is 17.9. The van der Waals surface area contributed by atoms with Crippen LogP contribution >= 0.6 is 0 Å². The van der Waals surface area contributed by atoms with Gasteiger partial charge in [-0.2, -0.15) is 0 Å². The number of nitrogens with one attached hydrogen (secondary N) is 2. The van der Waals surface area contributed by atoms with E-state index in [0.717, 1.165) is 18.5 Å². The minimum atomic E-state index is -0.836. The van der Waals surface area contributed by atoms with E-state index in [4.69, 9.17) is 4.42 Å². The second-order valence-electron chi connectivity index (χ2n) is 5.41. The maximum absolute atomic E-state index is 11.6. The number of carbonyl (C=O) groups is 3. The van der Waals surface area contributed by atoms with Gasteiger partial charge in [0, 0.05) is 18.3 Å². The number of hydrogen-bond acceptors (Lipinski definition) is 5. The van der Waals surface area contributed by atoms with Crippen LogP contribution in [0.15, 0.2) is 15.5 Å². The van der Waals surface area contributed by atoms with Gasteiger partial charge in [0.2, 0.25) is 6.41 Å². The molecule has 23 heavy (non-hydrogen) atoms. The number of aryl methyl sites for hydroxylation is 1. The first-order valence-corrected chi connectivity index (χ1v) is 7.39. The van der Waals surface area contributed by atoms with Crippen LogP contribution in [0.3, 0.4) is 0 Å². The summed E-state index contributed by atoms with van der Waals surface area (Å²) < 4.78 is 5.53.